The van der Waals surface area contributed by atoms with Crippen LogP contribution in [0.1, 0.15) is 24.5 Å². The van der Waals surface area contributed by atoms with Crippen LogP contribution in [-0.2, 0) is 6.54 Å². The number of benzene rings is 1. The normalized spacial score (nSPS) is 8.80. The molecule has 0 radical (unpaired) electrons. The van der Waals surface area contributed by atoms with E-state index in [2.05, 4.69) is 23.2 Å². The van der Waals surface area contributed by atoms with Crippen LogP contribution in [0.3, 0.4) is 0 Å². The van der Waals surface area contributed by atoms with Gasteiger partial charge in [-0.05, 0) is 24.6 Å². The number of nitrogens with zero attached hydrogens (tertiary/aromatic N) is 1. The van der Waals surface area contributed by atoms with E-state index in [1.165, 1.54) is 0 Å². The molecule has 0 atom stereocenters. The third kappa shape index (κ3) is 4.31. The van der Waals surface area contributed by atoms with Gasteiger partial charge in [0, 0.05) is 19.5 Å². The van der Waals surface area contributed by atoms with Gasteiger partial charge in [0.25, 0.3) is 0 Å². The van der Waals surface area contributed by atoms with E-state index in [0.29, 0.717) is 5.56 Å². The fourth-order valence-corrected chi connectivity index (χ4v) is 1.26. The number of hydrogen-bond donors (Lipinski definition) is 1. The fourth-order valence-electron chi connectivity index (χ4n) is 1.26. The zero-order valence-electron chi connectivity index (χ0n) is 8.88. The monoisotopic (exact) mass is 198 g/mol. The van der Waals surface area contributed by atoms with E-state index in [-0.39, 0.29) is 0 Å². The van der Waals surface area contributed by atoms with Crippen LogP contribution in [0.25, 0.3) is 0 Å². The van der Waals surface area contributed by atoms with Crippen molar-refractivity contribution in [2.45, 2.75) is 19.9 Å². The van der Waals surface area contributed by atoms with Gasteiger partial charge in [0.15, 0.2) is 0 Å². The summed E-state index contributed by atoms with van der Waals surface area (Å²) in [5.74, 6) is 5.84. The molecule has 0 aliphatic rings. The first-order valence-corrected chi connectivity index (χ1v) is 4.96. The van der Waals surface area contributed by atoms with Gasteiger partial charge in [0.2, 0.25) is 0 Å². The molecule has 1 aromatic carbocycles. The van der Waals surface area contributed by atoms with Crippen molar-refractivity contribution in [2.24, 2.45) is 0 Å². The molecule has 0 unspecified atom stereocenters. The summed E-state index contributed by atoms with van der Waals surface area (Å²) in [6.45, 7) is 3.52. The molecule has 0 heterocycles. The molecular formula is C13H14N2. The molecule has 0 saturated heterocycles. The Bertz CT molecular complexity index is 405. The van der Waals surface area contributed by atoms with Gasteiger partial charge >= 0.3 is 0 Å². The molecule has 1 aromatic rings. The second-order valence-electron chi connectivity index (χ2n) is 3.17. The Hall–Kier alpha value is -1.77. The van der Waals surface area contributed by atoms with E-state index in [4.69, 9.17) is 5.26 Å². The molecule has 0 bridgehead atoms. The van der Waals surface area contributed by atoms with E-state index in [1.54, 1.807) is 0 Å². The highest BCUT2D eigenvalue weighted by Crippen LogP contribution is 2.03. The SMILES string of the molecule is CC#CCCNCc1cccc(C#N)c1. The van der Waals surface area contributed by atoms with Crippen molar-refractivity contribution in [3.63, 3.8) is 0 Å². The minimum Gasteiger partial charge on any atom is -0.312 e. The van der Waals surface area contributed by atoms with Gasteiger partial charge < -0.3 is 5.32 Å². The molecule has 0 fully saturated rings. The molecule has 0 spiro atoms. The van der Waals surface area contributed by atoms with Crippen molar-refractivity contribution in [2.75, 3.05) is 6.54 Å². The van der Waals surface area contributed by atoms with Gasteiger partial charge in [-0.2, -0.15) is 5.26 Å². The fraction of sp³-hybridized carbons (Fsp3) is 0.308. The Morgan fingerprint density at radius 3 is 3.00 bits per heavy atom. The van der Waals surface area contributed by atoms with Crippen LogP contribution in [0, 0.1) is 23.2 Å². The number of nitriles is 1. The summed E-state index contributed by atoms with van der Waals surface area (Å²) in [6.07, 6.45) is 0.869. The molecule has 76 valence electrons. The van der Waals surface area contributed by atoms with E-state index >= 15 is 0 Å². The standard InChI is InChI=1S/C13H14N2/c1-2-3-4-8-15-11-13-7-5-6-12(9-13)10-14/h5-7,9,15H,4,8,11H2,1H3. The highest BCUT2D eigenvalue weighted by molar-refractivity contribution is 5.32. The zero-order valence-corrected chi connectivity index (χ0v) is 8.88. The van der Waals surface area contributed by atoms with E-state index < -0.39 is 0 Å². The molecular weight excluding hydrogens is 184 g/mol. The summed E-state index contributed by atoms with van der Waals surface area (Å²) in [6, 6.07) is 9.76. The zero-order chi connectivity index (χ0) is 10.9. The molecule has 1 N–H and O–H groups in total. The van der Waals surface area contributed by atoms with Crippen molar-refractivity contribution >= 4 is 0 Å². The van der Waals surface area contributed by atoms with Gasteiger partial charge in [-0.25, -0.2) is 0 Å². The number of nitrogens with one attached hydrogen (secondary N) is 1. The van der Waals surface area contributed by atoms with Crippen LogP contribution in [0.5, 0.6) is 0 Å². The van der Waals surface area contributed by atoms with Crippen LogP contribution in [0.2, 0.25) is 0 Å². The Balaban J connectivity index is 2.36. The van der Waals surface area contributed by atoms with Crippen molar-refractivity contribution in [3.8, 4) is 17.9 Å². The highest BCUT2D eigenvalue weighted by Gasteiger charge is 1.93. The molecule has 0 aliphatic heterocycles. The summed E-state index contributed by atoms with van der Waals surface area (Å²) in [5.41, 5.74) is 1.85. The number of rotatable bonds is 4. The van der Waals surface area contributed by atoms with E-state index in [1.807, 2.05) is 31.2 Å². The van der Waals surface area contributed by atoms with Gasteiger partial charge in [0.05, 0.1) is 11.6 Å². The first kappa shape index (κ1) is 11.3. The first-order valence-electron chi connectivity index (χ1n) is 4.96. The Labute approximate surface area is 90.9 Å². The molecule has 1 rings (SSSR count). The predicted molar refractivity (Wildman–Crippen MR) is 60.9 cm³/mol. The molecule has 2 nitrogen and oxygen atoms in total. The van der Waals surface area contributed by atoms with Crippen molar-refractivity contribution < 1.29 is 0 Å². The lowest BCUT2D eigenvalue weighted by molar-refractivity contribution is 0.701. The van der Waals surface area contributed by atoms with Crippen LogP contribution < -0.4 is 5.32 Å². The van der Waals surface area contributed by atoms with Gasteiger partial charge in [-0.1, -0.05) is 12.1 Å². The maximum absolute atomic E-state index is 8.71. The lowest BCUT2D eigenvalue weighted by Crippen LogP contribution is -2.14. The smallest absolute Gasteiger partial charge is 0.0991 e. The quantitative estimate of drug-likeness (QED) is 0.593. The second kappa shape index (κ2) is 6.65. The van der Waals surface area contributed by atoms with Crippen molar-refractivity contribution in [3.05, 3.63) is 35.4 Å². The van der Waals surface area contributed by atoms with Gasteiger partial charge in [-0.15, -0.1) is 11.8 Å². The predicted octanol–water partition coefficient (Wildman–Crippen LogP) is 2.06. The molecule has 15 heavy (non-hydrogen) atoms. The summed E-state index contributed by atoms with van der Waals surface area (Å²) >= 11 is 0. The van der Waals surface area contributed by atoms with Gasteiger partial charge in [-0.3, -0.25) is 0 Å². The molecule has 0 aliphatic carbocycles. The molecule has 2 heteroatoms. The van der Waals surface area contributed by atoms with Crippen LogP contribution in [0.15, 0.2) is 24.3 Å². The molecule has 0 saturated carbocycles. The molecule has 0 aromatic heterocycles. The molecule has 0 amide bonds. The largest absolute Gasteiger partial charge is 0.312 e. The number of hydrogen-bond acceptors (Lipinski definition) is 2. The van der Waals surface area contributed by atoms with Gasteiger partial charge in [0.1, 0.15) is 0 Å². The summed E-state index contributed by atoms with van der Waals surface area (Å²) in [4.78, 5) is 0. The van der Waals surface area contributed by atoms with E-state index in [9.17, 15) is 0 Å². The topological polar surface area (TPSA) is 35.8 Å². The Morgan fingerprint density at radius 1 is 1.40 bits per heavy atom. The lowest BCUT2D eigenvalue weighted by atomic mass is 10.1. The first-order chi connectivity index (χ1) is 7.36. The van der Waals surface area contributed by atoms with E-state index in [0.717, 1.165) is 25.1 Å². The van der Waals surface area contributed by atoms with Crippen LogP contribution >= 0.6 is 0 Å². The van der Waals surface area contributed by atoms with Crippen LogP contribution in [-0.4, -0.2) is 6.54 Å². The average molecular weight is 198 g/mol. The summed E-state index contributed by atoms with van der Waals surface area (Å²) in [5, 5.41) is 12.0. The third-order valence-corrected chi connectivity index (χ3v) is 1.99. The Kier molecular flexibility index (Phi) is 5.01. The van der Waals surface area contributed by atoms with Crippen LogP contribution in [0.4, 0.5) is 0 Å². The van der Waals surface area contributed by atoms with Crippen molar-refractivity contribution in [1.29, 1.82) is 5.26 Å². The maximum atomic E-state index is 8.71. The third-order valence-electron chi connectivity index (χ3n) is 1.99. The minimum absolute atomic E-state index is 0.711. The highest BCUT2D eigenvalue weighted by atomic mass is 14.8. The minimum atomic E-state index is 0.711. The maximum Gasteiger partial charge on any atom is 0.0991 e. The second-order valence-corrected chi connectivity index (χ2v) is 3.17. The average Bonchev–Trinajstić information content (AvgIpc) is 2.29. The van der Waals surface area contributed by atoms with Crippen molar-refractivity contribution in [1.82, 2.24) is 5.32 Å². The lowest BCUT2D eigenvalue weighted by Gasteiger charge is -2.02. The summed E-state index contributed by atoms with van der Waals surface area (Å²) < 4.78 is 0. The summed E-state index contributed by atoms with van der Waals surface area (Å²) in [7, 11) is 0. The Morgan fingerprint density at radius 2 is 2.27 bits per heavy atom.